The molecule has 3 aromatic rings. The van der Waals surface area contributed by atoms with E-state index < -0.39 is 34.0 Å². The minimum atomic E-state index is -3.91. The van der Waals surface area contributed by atoms with Gasteiger partial charge in [-0.1, -0.05) is 12.1 Å². The van der Waals surface area contributed by atoms with E-state index >= 15 is 0 Å². The van der Waals surface area contributed by atoms with Gasteiger partial charge in [0.25, 0.3) is 0 Å². The van der Waals surface area contributed by atoms with E-state index in [9.17, 15) is 17.6 Å². The summed E-state index contributed by atoms with van der Waals surface area (Å²) in [5, 5.41) is 5.79. The van der Waals surface area contributed by atoms with Gasteiger partial charge >= 0.3 is 0 Å². The zero-order valence-electron chi connectivity index (χ0n) is 20.6. The van der Waals surface area contributed by atoms with Crippen molar-refractivity contribution in [3.8, 4) is 17.2 Å². The van der Waals surface area contributed by atoms with Gasteiger partial charge in [0, 0.05) is 23.5 Å². The fourth-order valence-corrected chi connectivity index (χ4v) is 4.59. The zero-order chi connectivity index (χ0) is 27.2. The third-order valence-corrected chi connectivity index (χ3v) is 6.38. The lowest BCUT2D eigenvalue weighted by molar-refractivity contribution is -0.116. The van der Waals surface area contributed by atoms with Crippen LogP contribution in [0.15, 0.2) is 36.5 Å². The van der Waals surface area contributed by atoms with Gasteiger partial charge in [-0.25, -0.2) is 22.5 Å². The lowest BCUT2D eigenvalue weighted by Gasteiger charge is -2.16. The molecule has 0 radical (unpaired) electrons. The predicted octanol–water partition coefficient (Wildman–Crippen LogP) is 2.34. The second-order valence-electron chi connectivity index (χ2n) is 7.70. The van der Waals surface area contributed by atoms with Gasteiger partial charge in [0.15, 0.2) is 23.1 Å². The zero-order valence-corrected chi connectivity index (χ0v) is 21.4. The van der Waals surface area contributed by atoms with Gasteiger partial charge in [-0.2, -0.15) is 4.98 Å². The Labute approximate surface area is 213 Å². The molecule has 5 N–H and O–H groups in total. The van der Waals surface area contributed by atoms with Crippen LogP contribution in [0.4, 0.5) is 27.5 Å². The Morgan fingerprint density at radius 3 is 2.35 bits per heavy atom. The number of methoxy groups -OCH3 is 3. The standard InChI is InChI=1S/C23H27FN6O6S/c1-13-6-5-7-17(15(13)12-37(32,33)27-11-20(25)31)29-22-16(24)10-26-23(30-22)28-14-8-18(34-2)21(36-4)19(9-14)35-3/h5-10,27H,11-12H2,1-4H3,(H2,25,31)(H2,26,28,29,30). The number of nitrogens with zero attached hydrogens (tertiary/aromatic N) is 2. The minimum Gasteiger partial charge on any atom is -0.493 e. The number of hydrogen-bond acceptors (Lipinski definition) is 10. The molecule has 2 aromatic carbocycles. The van der Waals surface area contributed by atoms with Crippen molar-refractivity contribution in [3.05, 3.63) is 53.5 Å². The summed E-state index contributed by atoms with van der Waals surface area (Å²) in [6.07, 6.45) is 0.969. The number of aryl methyl sites for hydroxylation is 1. The number of nitrogens with two attached hydrogens (primary N) is 1. The molecule has 14 heteroatoms. The lowest BCUT2D eigenvalue weighted by atomic mass is 10.1. The average molecular weight is 535 g/mol. The second-order valence-corrected chi connectivity index (χ2v) is 9.51. The SMILES string of the molecule is COc1cc(Nc2ncc(F)c(Nc3cccc(C)c3CS(=O)(=O)NCC(N)=O)n2)cc(OC)c1OC. The molecular weight excluding hydrogens is 507 g/mol. The molecule has 1 heterocycles. The van der Waals surface area contributed by atoms with Crippen molar-refractivity contribution in [3.63, 3.8) is 0 Å². The van der Waals surface area contributed by atoms with Gasteiger partial charge in [0.2, 0.25) is 27.6 Å². The molecule has 0 fully saturated rings. The highest BCUT2D eigenvalue weighted by atomic mass is 32.2. The molecule has 198 valence electrons. The smallest absolute Gasteiger partial charge is 0.232 e. The molecule has 0 atom stereocenters. The van der Waals surface area contributed by atoms with Crippen LogP contribution in [0.3, 0.4) is 0 Å². The Morgan fingerprint density at radius 1 is 1.08 bits per heavy atom. The lowest BCUT2D eigenvalue weighted by Crippen LogP contribution is -2.34. The number of amides is 1. The minimum absolute atomic E-state index is 0.0446. The fourth-order valence-electron chi connectivity index (χ4n) is 3.36. The first kappa shape index (κ1) is 27.4. The summed E-state index contributed by atoms with van der Waals surface area (Å²) in [5.41, 5.74) is 6.80. The first-order valence-corrected chi connectivity index (χ1v) is 12.4. The van der Waals surface area contributed by atoms with Crippen molar-refractivity contribution in [1.82, 2.24) is 14.7 Å². The summed E-state index contributed by atoms with van der Waals surface area (Å²) >= 11 is 0. The fraction of sp³-hybridized carbons (Fsp3) is 0.261. The quantitative estimate of drug-likeness (QED) is 0.271. The molecule has 1 amide bonds. The maximum absolute atomic E-state index is 14.7. The Bertz CT molecular complexity index is 1380. The summed E-state index contributed by atoms with van der Waals surface area (Å²) in [6.45, 7) is 1.17. The number of carbonyl (C=O) groups excluding carboxylic acids is 1. The highest BCUT2D eigenvalue weighted by molar-refractivity contribution is 7.88. The average Bonchev–Trinajstić information content (AvgIpc) is 2.86. The Kier molecular flexibility index (Phi) is 8.68. The van der Waals surface area contributed by atoms with E-state index in [1.165, 1.54) is 21.3 Å². The van der Waals surface area contributed by atoms with E-state index in [0.29, 0.717) is 39.8 Å². The topological polar surface area (TPSA) is 167 Å². The van der Waals surface area contributed by atoms with Crippen LogP contribution in [0.25, 0.3) is 0 Å². The number of primary amides is 1. The molecule has 0 bridgehead atoms. The number of halogens is 1. The van der Waals surface area contributed by atoms with Gasteiger partial charge < -0.3 is 30.6 Å². The van der Waals surface area contributed by atoms with Gasteiger partial charge in [0.05, 0.1) is 39.8 Å². The van der Waals surface area contributed by atoms with Crippen molar-refractivity contribution in [2.75, 3.05) is 38.5 Å². The molecule has 0 unspecified atom stereocenters. The van der Waals surface area contributed by atoms with Crippen molar-refractivity contribution in [2.45, 2.75) is 12.7 Å². The molecule has 0 saturated carbocycles. The monoisotopic (exact) mass is 534 g/mol. The largest absolute Gasteiger partial charge is 0.493 e. The van der Waals surface area contributed by atoms with E-state index in [0.717, 1.165) is 6.20 Å². The summed E-state index contributed by atoms with van der Waals surface area (Å²) in [6, 6.07) is 8.23. The summed E-state index contributed by atoms with van der Waals surface area (Å²) in [4.78, 5) is 19.1. The molecule has 0 aliphatic heterocycles. The molecule has 1 aromatic heterocycles. The number of sulfonamides is 1. The van der Waals surface area contributed by atoms with E-state index in [4.69, 9.17) is 19.9 Å². The Hall–Kier alpha value is -4.17. The molecule has 0 saturated heterocycles. The van der Waals surface area contributed by atoms with Crippen molar-refractivity contribution >= 4 is 39.1 Å². The van der Waals surface area contributed by atoms with Crippen LogP contribution in [0, 0.1) is 12.7 Å². The summed E-state index contributed by atoms with van der Waals surface area (Å²) in [5.74, 6) is -1.04. The number of anilines is 4. The number of rotatable bonds is 12. The molecular formula is C23H27FN6O6S. The van der Waals surface area contributed by atoms with E-state index in [-0.39, 0.29) is 11.8 Å². The van der Waals surface area contributed by atoms with Crippen LogP contribution in [-0.4, -0.2) is 52.2 Å². The number of hydrogen-bond donors (Lipinski definition) is 4. The maximum Gasteiger partial charge on any atom is 0.232 e. The van der Waals surface area contributed by atoms with Gasteiger partial charge in [-0.15, -0.1) is 0 Å². The summed E-state index contributed by atoms with van der Waals surface area (Å²) in [7, 11) is 0.516. The first-order valence-electron chi connectivity index (χ1n) is 10.8. The maximum atomic E-state index is 14.7. The van der Waals surface area contributed by atoms with Crippen molar-refractivity contribution < 1.29 is 31.8 Å². The third kappa shape index (κ3) is 6.95. The molecule has 0 aliphatic rings. The number of benzene rings is 2. The third-order valence-electron chi connectivity index (χ3n) is 5.13. The first-order chi connectivity index (χ1) is 17.6. The molecule has 0 aliphatic carbocycles. The predicted molar refractivity (Wildman–Crippen MR) is 136 cm³/mol. The van der Waals surface area contributed by atoms with Gasteiger partial charge in [-0.05, 0) is 24.1 Å². The van der Waals surface area contributed by atoms with Crippen LogP contribution >= 0.6 is 0 Å². The normalized spacial score (nSPS) is 11.1. The number of aromatic nitrogens is 2. The molecule has 3 rings (SSSR count). The van der Waals surface area contributed by atoms with Crippen LogP contribution in [0.1, 0.15) is 11.1 Å². The molecule has 0 spiro atoms. The van der Waals surface area contributed by atoms with Crippen LogP contribution in [-0.2, 0) is 20.6 Å². The van der Waals surface area contributed by atoms with Crippen molar-refractivity contribution in [2.24, 2.45) is 5.73 Å². The van der Waals surface area contributed by atoms with E-state index in [1.807, 2.05) is 0 Å². The molecule has 12 nitrogen and oxygen atoms in total. The van der Waals surface area contributed by atoms with Crippen molar-refractivity contribution in [1.29, 1.82) is 0 Å². The number of carbonyl (C=O) groups is 1. The van der Waals surface area contributed by atoms with E-state index in [2.05, 4.69) is 25.3 Å². The number of ether oxygens (including phenoxy) is 3. The van der Waals surface area contributed by atoms with E-state index in [1.54, 1.807) is 37.3 Å². The summed E-state index contributed by atoms with van der Waals surface area (Å²) < 4.78 is 57.7. The second kappa shape index (κ2) is 11.7. The van der Waals surface area contributed by atoms with Crippen LogP contribution in [0.5, 0.6) is 17.2 Å². The number of nitrogens with one attached hydrogen (secondary N) is 3. The Balaban J connectivity index is 1.91. The van der Waals surface area contributed by atoms with Gasteiger partial charge in [-0.3, -0.25) is 4.79 Å². The highest BCUT2D eigenvalue weighted by Crippen LogP contribution is 2.40. The molecule has 37 heavy (non-hydrogen) atoms. The van der Waals surface area contributed by atoms with Gasteiger partial charge in [0.1, 0.15) is 0 Å². The van der Waals surface area contributed by atoms with Crippen LogP contribution in [0.2, 0.25) is 0 Å². The Morgan fingerprint density at radius 2 is 1.76 bits per heavy atom. The highest BCUT2D eigenvalue weighted by Gasteiger charge is 2.19. The van der Waals surface area contributed by atoms with Crippen LogP contribution < -0.4 is 35.3 Å².